The van der Waals surface area contributed by atoms with Gasteiger partial charge in [0.05, 0.1) is 5.56 Å². The van der Waals surface area contributed by atoms with Crippen LogP contribution >= 0.6 is 0 Å². The zero-order valence-electron chi connectivity index (χ0n) is 19.7. The summed E-state index contributed by atoms with van der Waals surface area (Å²) in [5.41, 5.74) is 5.07. The fourth-order valence-corrected chi connectivity index (χ4v) is 4.36. The van der Waals surface area contributed by atoms with Gasteiger partial charge < -0.3 is 19.3 Å². The lowest BCUT2D eigenvalue weighted by Gasteiger charge is -2.25. The van der Waals surface area contributed by atoms with Gasteiger partial charge >= 0.3 is 6.09 Å². The molecule has 0 radical (unpaired) electrons. The quantitative estimate of drug-likeness (QED) is 0.488. The summed E-state index contributed by atoms with van der Waals surface area (Å²) < 4.78 is 11.9. The van der Waals surface area contributed by atoms with Crippen LogP contribution in [0.2, 0.25) is 0 Å². The number of hydrogen-bond donors (Lipinski definition) is 0. The van der Waals surface area contributed by atoms with Crippen molar-refractivity contribution in [1.29, 1.82) is 0 Å². The second-order valence-corrected chi connectivity index (χ2v) is 8.88. The SMILES string of the molecule is Cc1ccc2c(c1)Oc1ccc(C)cc1C(N1CCCN(C(=O)OCc3ccccc3)CC1)=N2. The van der Waals surface area contributed by atoms with Crippen LogP contribution in [0.25, 0.3) is 0 Å². The fourth-order valence-electron chi connectivity index (χ4n) is 4.36. The number of nitrogens with zero attached hydrogens (tertiary/aromatic N) is 3. The molecular weight excluding hydrogens is 426 g/mol. The summed E-state index contributed by atoms with van der Waals surface area (Å²) in [6.45, 7) is 7.12. The third-order valence-corrected chi connectivity index (χ3v) is 6.20. The van der Waals surface area contributed by atoms with Crippen LogP contribution in [0, 0.1) is 13.8 Å². The monoisotopic (exact) mass is 455 g/mol. The van der Waals surface area contributed by atoms with Crippen LogP contribution in [0.5, 0.6) is 11.5 Å². The van der Waals surface area contributed by atoms with Crippen LogP contribution in [0.3, 0.4) is 0 Å². The number of hydrogen-bond acceptors (Lipinski definition) is 5. The zero-order valence-corrected chi connectivity index (χ0v) is 19.7. The predicted octanol–water partition coefficient (Wildman–Crippen LogP) is 5.83. The maximum absolute atomic E-state index is 12.7. The van der Waals surface area contributed by atoms with Crippen molar-refractivity contribution < 1.29 is 14.3 Å². The highest BCUT2D eigenvalue weighted by Gasteiger charge is 2.26. The van der Waals surface area contributed by atoms with E-state index in [0.29, 0.717) is 19.6 Å². The Hall–Kier alpha value is -3.80. The van der Waals surface area contributed by atoms with Crippen molar-refractivity contribution in [2.75, 3.05) is 26.2 Å². The van der Waals surface area contributed by atoms with Gasteiger partial charge in [0.25, 0.3) is 0 Å². The topological polar surface area (TPSA) is 54.4 Å². The van der Waals surface area contributed by atoms with E-state index in [9.17, 15) is 4.79 Å². The molecule has 0 atom stereocenters. The molecule has 1 fully saturated rings. The first-order valence-electron chi connectivity index (χ1n) is 11.8. The molecule has 0 aromatic heterocycles. The highest BCUT2D eigenvalue weighted by atomic mass is 16.6. The Morgan fingerprint density at radius 1 is 0.912 bits per heavy atom. The van der Waals surface area contributed by atoms with Gasteiger partial charge in [-0.05, 0) is 55.7 Å². The fraction of sp³-hybridized carbons (Fsp3) is 0.286. The predicted molar refractivity (Wildman–Crippen MR) is 133 cm³/mol. The summed E-state index contributed by atoms with van der Waals surface area (Å²) in [6.07, 6.45) is 0.566. The van der Waals surface area contributed by atoms with Crippen molar-refractivity contribution in [1.82, 2.24) is 9.80 Å². The second-order valence-electron chi connectivity index (χ2n) is 8.88. The summed E-state index contributed by atoms with van der Waals surface area (Å²) in [5.74, 6) is 2.46. The Kier molecular flexibility index (Phi) is 6.21. The first-order chi connectivity index (χ1) is 16.6. The van der Waals surface area contributed by atoms with Gasteiger partial charge in [-0.15, -0.1) is 0 Å². The first-order valence-corrected chi connectivity index (χ1v) is 11.8. The summed E-state index contributed by atoms with van der Waals surface area (Å²) >= 11 is 0. The molecular formula is C28H29N3O3. The molecule has 5 rings (SSSR count). The van der Waals surface area contributed by atoms with E-state index >= 15 is 0 Å². The first kappa shape index (κ1) is 22.0. The number of aliphatic imine (C=N–C) groups is 1. The van der Waals surface area contributed by atoms with Gasteiger partial charge in [0, 0.05) is 26.2 Å². The van der Waals surface area contributed by atoms with Crippen LogP contribution in [0.1, 0.15) is 28.7 Å². The largest absolute Gasteiger partial charge is 0.454 e. The molecule has 3 aromatic carbocycles. The number of ether oxygens (including phenoxy) is 2. The molecule has 0 bridgehead atoms. The number of carbonyl (C=O) groups excluding carboxylic acids is 1. The minimum Gasteiger partial charge on any atom is -0.454 e. The molecule has 1 saturated heterocycles. The molecule has 0 unspecified atom stereocenters. The van der Waals surface area contributed by atoms with Gasteiger partial charge in [-0.25, -0.2) is 9.79 Å². The molecule has 174 valence electrons. The van der Waals surface area contributed by atoms with Crippen LogP contribution in [0.4, 0.5) is 10.5 Å². The molecule has 0 spiro atoms. The van der Waals surface area contributed by atoms with Crippen LogP contribution in [-0.2, 0) is 11.3 Å². The molecule has 34 heavy (non-hydrogen) atoms. The van der Waals surface area contributed by atoms with E-state index in [1.54, 1.807) is 4.90 Å². The third kappa shape index (κ3) is 4.76. The summed E-state index contributed by atoms with van der Waals surface area (Å²) in [7, 11) is 0. The Balaban J connectivity index is 1.36. The van der Waals surface area contributed by atoms with E-state index in [-0.39, 0.29) is 12.7 Å². The molecule has 6 nitrogen and oxygen atoms in total. The average molecular weight is 456 g/mol. The third-order valence-electron chi connectivity index (χ3n) is 6.20. The van der Waals surface area contributed by atoms with Crippen molar-refractivity contribution >= 4 is 17.6 Å². The van der Waals surface area contributed by atoms with Crippen molar-refractivity contribution in [3.8, 4) is 11.5 Å². The molecule has 0 aliphatic carbocycles. The van der Waals surface area contributed by atoms with E-state index in [0.717, 1.165) is 58.2 Å². The standard InChI is InChI=1S/C28H29N3O3/c1-20-10-12-25-23(17-20)27(29-24-11-9-21(2)18-26(24)34-25)30-13-6-14-31(16-15-30)28(32)33-19-22-7-4-3-5-8-22/h3-5,7-12,17-18H,6,13-16,19H2,1-2H3. The lowest BCUT2D eigenvalue weighted by Crippen LogP contribution is -2.38. The van der Waals surface area contributed by atoms with Gasteiger partial charge in [0.15, 0.2) is 5.75 Å². The molecule has 1 amide bonds. The molecule has 2 heterocycles. The number of aryl methyl sites for hydroxylation is 2. The highest BCUT2D eigenvalue weighted by molar-refractivity contribution is 6.04. The summed E-state index contributed by atoms with van der Waals surface area (Å²) in [6, 6.07) is 22.1. The van der Waals surface area contributed by atoms with E-state index < -0.39 is 0 Å². The van der Waals surface area contributed by atoms with Crippen LogP contribution in [0.15, 0.2) is 71.7 Å². The lowest BCUT2D eigenvalue weighted by atomic mass is 10.1. The van der Waals surface area contributed by atoms with Crippen molar-refractivity contribution in [2.45, 2.75) is 26.9 Å². The normalized spacial score (nSPS) is 15.3. The maximum Gasteiger partial charge on any atom is 0.410 e. The Labute approximate surface area is 200 Å². The maximum atomic E-state index is 12.7. The molecule has 6 heteroatoms. The van der Waals surface area contributed by atoms with E-state index in [1.165, 1.54) is 0 Å². The van der Waals surface area contributed by atoms with E-state index in [2.05, 4.69) is 36.9 Å². The van der Waals surface area contributed by atoms with Gasteiger partial charge in [0.2, 0.25) is 0 Å². The number of carbonyl (C=O) groups is 1. The summed E-state index contributed by atoms with van der Waals surface area (Å²) in [4.78, 5) is 21.9. The molecule has 2 aliphatic heterocycles. The second kappa shape index (κ2) is 9.59. The van der Waals surface area contributed by atoms with E-state index in [4.69, 9.17) is 14.5 Å². The van der Waals surface area contributed by atoms with Crippen LogP contribution in [-0.4, -0.2) is 47.9 Å². The zero-order chi connectivity index (χ0) is 23.5. The lowest BCUT2D eigenvalue weighted by molar-refractivity contribution is 0.0979. The number of amides is 1. The Morgan fingerprint density at radius 3 is 2.56 bits per heavy atom. The molecule has 0 N–H and O–H groups in total. The molecule has 3 aromatic rings. The van der Waals surface area contributed by atoms with Crippen LogP contribution < -0.4 is 4.74 Å². The number of rotatable bonds is 2. The van der Waals surface area contributed by atoms with Gasteiger partial charge in [-0.1, -0.05) is 48.0 Å². The summed E-state index contributed by atoms with van der Waals surface area (Å²) in [5, 5.41) is 0. The van der Waals surface area contributed by atoms with Gasteiger partial charge in [-0.3, -0.25) is 0 Å². The van der Waals surface area contributed by atoms with Crippen molar-refractivity contribution in [3.63, 3.8) is 0 Å². The Bertz CT molecular complexity index is 1220. The minimum absolute atomic E-state index is 0.270. The number of benzene rings is 3. The number of amidine groups is 1. The van der Waals surface area contributed by atoms with Gasteiger partial charge in [0.1, 0.15) is 23.9 Å². The van der Waals surface area contributed by atoms with Gasteiger partial charge in [-0.2, -0.15) is 0 Å². The molecule has 2 aliphatic rings. The molecule has 0 saturated carbocycles. The Morgan fingerprint density at radius 2 is 1.71 bits per heavy atom. The van der Waals surface area contributed by atoms with E-state index in [1.807, 2.05) is 48.5 Å². The average Bonchev–Trinajstić information content (AvgIpc) is 3.18. The van der Waals surface area contributed by atoms with Crippen molar-refractivity contribution in [2.24, 2.45) is 4.99 Å². The van der Waals surface area contributed by atoms with Crippen molar-refractivity contribution in [3.05, 3.63) is 89.0 Å². The number of fused-ring (bicyclic) bond motifs is 2. The highest BCUT2D eigenvalue weighted by Crippen LogP contribution is 2.39. The smallest absolute Gasteiger partial charge is 0.410 e. The minimum atomic E-state index is -0.270.